The molecule has 1 aromatic carbocycles. The Balaban J connectivity index is 2.93. The number of nitrogens with zero attached hydrogens (tertiary/aromatic N) is 2. The van der Waals surface area contributed by atoms with Crippen LogP contribution < -0.4 is 14.8 Å². The Morgan fingerprint density at radius 1 is 1.52 bits per heavy atom. The van der Waals surface area contributed by atoms with Crippen LogP contribution in [0.25, 0.3) is 0 Å². The number of non-ortho nitro benzene ring substituents is 1. The Labute approximate surface area is 123 Å². The van der Waals surface area contributed by atoms with Crippen LogP contribution in [0, 0.1) is 21.4 Å². The SMILES string of the molecule is CNC(C)(C#N)CC(C)Oc1cc([N+](=O)[O-])ccc1OC. The smallest absolute Gasteiger partial charge is 0.273 e. The van der Waals surface area contributed by atoms with Gasteiger partial charge in [0.1, 0.15) is 5.54 Å². The molecule has 0 saturated carbocycles. The molecule has 2 unspecified atom stereocenters. The zero-order valence-corrected chi connectivity index (χ0v) is 12.5. The van der Waals surface area contributed by atoms with Crippen LogP contribution in [0.1, 0.15) is 20.3 Å². The van der Waals surface area contributed by atoms with Crippen molar-refractivity contribution in [3.05, 3.63) is 28.3 Å². The molecule has 21 heavy (non-hydrogen) atoms. The lowest BCUT2D eigenvalue weighted by Crippen LogP contribution is -2.41. The number of hydrogen-bond acceptors (Lipinski definition) is 6. The zero-order chi connectivity index (χ0) is 16.0. The van der Waals surface area contributed by atoms with E-state index in [1.807, 2.05) is 0 Å². The number of nitrogens with one attached hydrogen (secondary N) is 1. The van der Waals surface area contributed by atoms with Crippen molar-refractivity contribution in [1.82, 2.24) is 5.32 Å². The van der Waals surface area contributed by atoms with E-state index in [-0.39, 0.29) is 17.5 Å². The van der Waals surface area contributed by atoms with Gasteiger partial charge < -0.3 is 14.8 Å². The first-order valence-electron chi connectivity index (χ1n) is 6.44. The fraction of sp³-hybridized carbons (Fsp3) is 0.500. The summed E-state index contributed by atoms with van der Waals surface area (Å²) in [7, 11) is 3.16. The third-order valence-corrected chi connectivity index (χ3v) is 3.18. The molecular weight excluding hydrogens is 274 g/mol. The van der Waals surface area contributed by atoms with Gasteiger partial charge in [-0.05, 0) is 27.0 Å². The van der Waals surface area contributed by atoms with Crippen LogP contribution in [0.4, 0.5) is 5.69 Å². The van der Waals surface area contributed by atoms with Gasteiger partial charge in [-0.25, -0.2) is 0 Å². The van der Waals surface area contributed by atoms with Crippen molar-refractivity contribution in [2.24, 2.45) is 0 Å². The summed E-state index contributed by atoms with van der Waals surface area (Å²) in [6.45, 7) is 3.56. The molecule has 0 bridgehead atoms. The molecule has 1 aromatic rings. The van der Waals surface area contributed by atoms with Gasteiger partial charge in [-0.2, -0.15) is 5.26 Å². The van der Waals surface area contributed by atoms with Crippen molar-refractivity contribution in [3.8, 4) is 17.6 Å². The van der Waals surface area contributed by atoms with E-state index in [2.05, 4.69) is 11.4 Å². The average molecular weight is 293 g/mol. The first-order chi connectivity index (χ1) is 9.85. The van der Waals surface area contributed by atoms with Crippen molar-refractivity contribution < 1.29 is 14.4 Å². The second kappa shape index (κ2) is 6.90. The lowest BCUT2D eigenvalue weighted by Gasteiger charge is -2.25. The minimum absolute atomic E-state index is 0.0744. The van der Waals surface area contributed by atoms with E-state index < -0.39 is 10.5 Å². The summed E-state index contributed by atoms with van der Waals surface area (Å²) in [4.78, 5) is 10.3. The summed E-state index contributed by atoms with van der Waals surface area (Å²) in [6.07, 6.45) is 0.101. The number of methoxy groups -OCH3 is 1. The molecule has 0 aliphatic heterocycles. The van der Waals surface area contributed by atoms with Gasteiger partial charge in [0.15, 0.2) is 11.5 Å². The molecule has 7 heteroatoms. The quantitative estimate of drug-likeness (QED) is 0.611. The van der Waals surface area contributed by atoms with Gasteiger partial charge in [-0.15, -0.1) is 0 Å². The first-order valence-corrected chi connectivity index (χ1v) is 6.44. The van der Waals surface area contributed by atoms with E-state index in [0.717, 1.165) is 0 Å². The molecule has 0 fully saturated rings. The van der Waals surface area contributed by atoms with Crippen LogP contribution in [-0.4, -0.2) is 30.7 Å². The molecule has 1 N–H and O–H groups in total. The van der Waals surface area contributed by atoms with Crippen molar-refractivity contribution in [2.45, 2.75) is 31.9 Å². The Morgan fingerprint density at radius 3 is 2.67 bits per heavy atom. The summed E-state index contributed by atoms with van der Waals surface area (Å²) >= 11 is 0. The van der Waals surface area contributed by atoms with Crippen molar-refractivity contribution >= 4 is 5.69 Å². The summed E-state index contributed by atoms with van der Waals surface area (Å²) in [5.41, 5.74) is -0.803. The predicted molar refractivity (Wildman–Crippen MR) is 77.4 cm³/mol. The largest absolute Gasteiger partial charge is 0.493 e. The molecule has 0 radical (unpaired) electrons. The first kappa shape index (κ1) is 16.7. The molecule has 0 saturated heterocycles. The van der Waals surface area contributed by atoms with Crippen molar-refractivity contribution in [3.63, 3.8) is 0 Å². The van der Waals surface area contributed by atoms with Gasteiger partial charge >= 0.3 is 0 Å². The maximum absolute atomic E-state index is 10.8. The van der Waals surface area contributed by atoms with Gasteiger partial charge in [-0.1, -0.05) is 0 Å². The number of ether oxygens (including phenoxy) is 2. The monoisotopic (exact) mass is 293 g/mol. The van der Waals surface area contributed by atoms with E-state index in [9.17, 15) is 10.1 Å². The lowest BCUT2D eigenvalue weighted by molar-refractivity contribution is -0.385. The summed E-state index contributed by atoms with van der Waals surface area (Å²) in [6, 6.07) is 6.33. The van der Waals surface area contributed by atoms with Crippen LogP contribution in [0.15, 0.2) is 18.2 Å². The van der Waals surface area contributed by atoms with Gasteiger partial charge in [-0.3, -0.25) is 10.1 Å². The lowest BCUT2D eigenvalue weighted by atomic mass is 9.97. The summed E-state index contributed by atoms with van der Waals surface area (Å²) < 4.78 is 10.8. The number of nitriles is 1. The highest BCUT2D eigenvalue weighted by Gasteiger charge is 2.26. The second-order valence-electron chi connectivity index (χ2n) is 4.92. The standard InChI is InChI=1S/C14H19N3O4/c1-10(8-14(2,9-15)16-3)21-13-7-11(17(18)19)5-6-12(13)20-4/h5-7,10,16H,8H2,1-4H3. The fourth-order valence-corrected chi connectivity index (χ4v) is 1.91. The van der Waals surface area contributed by atoms with E-state index in [1.54, 1.807) is 20.9 Å². The minimum Gasteiger partial charge on any atom is -0.493 e. The molecule has 1 rings (SSSR count). The van der Waals surface area contributed by atoms with Gasteiger partial charge in [0.2, 0.25) is 0 Å². The number of hydrogen-bond donors (Lipinski definition) is 1. The Bertz CT molecular complexity index is 556. The Hall–Kier alpha value is -2.33. The van der Waals surface area contributed by atoms with Crippen LogP contribution >= 0.6 is 0 Å². The molecule has 0 heterocycles. The van der Waals surface area contributed by atoms with Crippen molar-refractivity contribution in [2.75, 3.05) is 14.2 Å². The number of rotatable bonds is 7. The molecule has 7 nitrogen and oxygen atoms in total. The van der Waals surface area contributed by atoms with E-state index >= 15 is 0 Å². The molecule has 2 atom stereocenters. The number of benzene rings is 1. The van der Waals surface area contributed by atoms with Crippen molar-refractivity contribution in [1.29, 1.82) is 5.26 Å². The maximum Gasteiger partial charge on any atom is 0.273 e. The Morgan fingerprint density at radius 2 is 2.19 bits per heavy atom. The molecule has 0 spiro atoms. The van der Waals surface area contributed by atoms with E-state index in [0.29, 0.717) is 12.2 Å². The molecule has 114 valence electrons. The maximum atomic E-state index is 10.8. The highest BCUT2D eigenvalue weighted by Crippen LogP contribution is 2.32. The summed E-state index contributed by atoms with van der Waals surface area (Å²) in [5, 5.41) is 22.9. The summed E-state index contributed by atoms with van der Waals surface area (Å²) in [5.74, 6) is 0.700. The van der Waals surface area contributed by atoms with Gasteiger partial charge in [0.25, 0.3) is 5.69 Å². The third-order valence-electron chi connectivity index (χ3n) is 3.18. The van der Waals surface area contributed by atoms with Gasteiger partial charge in [0.05, 0.1) is 30.3 Å². The van der Waals surface area contributed by atoms with E-state index in [4.69, 9.17) is 14.7 Å². The fourth-order valence-electron chi connectivity index (χ4n) is 1.91. The van der Waals surface area contributed by atoms with Crippen LogP contribution in [0.3, 0.4) is 0 Å². The highest BCUT2D eigenvalue weighted by molar-refractivity contribution is 5.48. The number of nitro benzene ring substituents is 1. The average Bonchev–Trinajstić information content (AvgIpc) is 2.46. The van der Waals surface area contributed by atoms with Crippen LogP contribution in [0.2, 0.25) is 0 Å². The van der Waals surface area contributed by atoms with E-state index in [1.165, 1.54) is 25.3 Å². The third kappa shape index (κ3) is 4.33. The molecular formula is C14H19N3O4. The van der Waals surface area contributed by atoms with Crippen LogP contribution in [-0.2, 0) is 0 Å². The molecule has 0 aliphatic rings. The zero-order valence-electron chi connectivity index (χ0n) is 12.5. The Kier molecular flexibility index (Phi) is 5.50. The van der Waals surface area contributed by atoms with Crippen LogP contribution in [0.5, 0.6) is 11.5 Å². The second-order valence-corrected chi connectivity index (χ2v) is 4.92. The molecule has 0 aliphatic carbocycles. The number of nitro groups is 1. The highest BCUT2D eigenvalue weighted by atomic mass is 16.6. The van der Waals surface area contributed by atoms with Gasteiger partial charge in [0, 0.05) is 12.5 Å². The normalized spacial score (nSPS) is 14.6. The molecule has 0 amide bonds. The topological polar surface area (TPSA) is 97.4 Å². The minimum atomic E-state index is -0.729. The molecule has 0 aromatic heterocycles. The predicted octanol–water partition coefficient (Wildman–Crippen LogP) is 2.26.